The minimum Gasteiger partial charge on any atom is -0.393 e. The Kier molecular flexibility index (Phi) is 7.57. The normalized spacial score (nSPS) is 46.6. The molecule has 4 N–H and O–H groups in total. The summed E-state index contributed by atoms with van der Waals surface area (Å²) >= 11 is 0. The van der Waals surface area contributed by atoms with Gasteiger partial charge < -0.3 is 16.2 Å². The zero-order valence-corrected chi connectivity index (χ0v) is 25.5. The Bertz CT molecular complexity index is 979. The van der Waals surface area contributed by atoms with E-state index in [9.17, 15) is 14.8 Å². The first-order valence-corrected chi connectivity index (χ1v) is 15.3. The number of nitroso groups, excluding NO2 is 1. The number of hydrogen-bond acceptors (Lipinski definition) is 5. The van der Waals surface area contributed by atoms with Crippen LogP contribution in [0.25, 0.3) is 0 Å². The van der Waals surface area contributed by atoms with Crippen LogP contribution in [0.5, 0.6) is 0 Å². The van der Waals surface area contributed by atoms with Gasteiger partial charge in [-0.1, -0.05) is 72.2 Å². The zero-order chi connectivity index (χ0) is 28.4. The number of nitrogens with zero attached hydrogens (tertiary/aromatic N) is 1. The van der Waals surface area contributed by atoms with Gasteiger partial charge in [0.25, 0.3) is 0 Å². The van der Waals surface area contributed by atoms with Crippen LogP contribution in [-0.2, 0) is 4.79 Å². The van der Waals surface area contributed by atoms with Crippen molar-refractivity contribution in [3.05, 3.63) is 16.6 Å². The van der Waals surface area contributed by atoms with Gasteiger partial charge in [-0.2, -0.15) is 4.91 Å². The lowest BCUT2D eigenvalue weighted by molar-refractivity contribution is -0.212. The molecule has 38 heavy (non-hydrogen) atoms. The Morgan fingerprint density at radius 3 is 2.45 bits per heavy atom. The molecule has 4 aliphatic rings. The Labute approximate surface area is 231 Å². The van der Waals surface area contributed by atoms with E-state index in [4.69, 9.17) is 5.73 Å². The van der Waals surface area contributed by atoms with Gasteiger partial charge in [0.15, 0.2) is 0 Å². The van der Waals surface area contributed by atoms with Crippen molar-refractivity contribution >= 4 is 5.91 Å². The number of carbonyl (C=O) groups excluding carboxylic acids is 1. The molecule has 216 valence electrons. The number of rotatable bonds is 7. The number of allylic oxidation sites excluding steroid dienone is 1. The van der Waals surface area contributed by atoms with Crippen molar-refractivity contribution in [2.75, 3.05) is 13.1 Å². The molecule has 0 aromatic rings. The number of hydrogen-bond donors (Lipinski definition) is 3. The van der Waals surface area contributed by atoms with E-state index in [1.807, 2.05) is 6.92 Å². The summed E-state index contributed by atoms with van der Waals surface area (Å²) in [5.41, 5.74) is 5.78. The van der Waals surface area contributed by atoms with Gasteiger partial charge in [0.05, 0.1) is 6.10 Å². The third-order valence-electron chi connectivity index (χ3n) is 13.6. The molecule has 3 fully saturated rings. The zero-order valence-electron chi connectivity index (χ0n) is 25.5. The molecule has 0 saturated heterocycles. The largest absolute Gasteiger partial charge is 0.393 e. The lowest BCUT2D eigenvalue weighted by Crippen LogP contribution is -2.72. The number of carbonyl (C=O) groups is 1. The minimum atomic E-state index is -0.665. The van der Waals surface area contributed by atoms with Crippen LogP contribution in [0, 0.1) is 49.7 Å². The van der Waals surface area contributed by atoms with E-state index in [1.165, 1.54) is 5.57 Å². The molecule has 0 radical (unpaired) electrons. The molecule has 4 aliphatic carbocycles. The molecule has 0 aromatic heterocycles. The van der Waals surface area contributed by atoms with Crippen LogP contribution in [0.3, 0.4) is 0 Å². The van der Waals surface area contributed by atoms with Crippen LogP contribution < -0.4 is 11.1 Å². The van der Waals surface area contributed by atoms with Crippen LogP contribution >= 0.6 is 0 Å². The van der Waals surface area contributed by atoms with E-state index in [1.54, 1.807) is 0 Å². The van der Waals surface area contributed by atoms with E-state index in [-0.39, 0.29) is 50.9 Å². The van der Waals surface area contributed by atoms with Crippen molar-refractivity contribution < 1.29 is 9.90 Å². The summed E-state index contributed by atoms with van der Waals surface area (Å²) in [5.74, 6) is 0.742. The fourth-order valence-electron chi connectivity index (χ4n) is 10.3. The monoisotopic (exact) mass is 529 g/mol. The lowest BCUT2D eigenvalue weighted by Gasteiger charge is -2.73. The first kappa shape index (κ1) is 29.7. The van der Waals surface area contributed by atoms with Crippen molar-refractivity contribution in [1.29, 1.82) is 0 Å². The summed E-state index contributed by atoms with van der Waals surface area (Å²) in [6, 6.07) is 0. The summed E-state index contributed by atoms with van der Waals surface area (Å²) in [6.45, 7) is 19.4. The maximum Gasteiger partial charge on any atom is 0.222 e. The van der Waals surface area contributed by atoms with Crippen LogP contribution in [0.15, 0.2) is 16.8 Å². The number of fused-ring (bicyclic) bond motifs is 5. The van der Waals surface area contributed by atoms with Gasteiger partial charge >= 0.3 is 0 Å². The molecule has 9 atom stereocenters. The predicted octanol–water partition coefficient (Wildman–Crippen LogP) is 6.36. The summed E-state index contributed by atoms with van der Waals surface area (Å²) in [7, 11) is 0. The molecule has 4 rings (SSSR count). The van der Waals surface area contributed by atoms with Gasteiger partial charge in [-0.15, -0.1) is 0 Å². The quantitative estimate of drug-likeness (QED) is 0.264. The molecule has 3 saturated carbocycles. The number of aliphatic hydroxyl groups is 1. The molecule has 1 amide bonds. The summed E-state index contributed by atoms with van der Waals surface area (Å²) in [4.78, 5) is 25.7. The van der Waals surface area contributed by atoms with Crippen LogP contribution in [0.2, 0.25) is 0 Å². The first-order valence-electron chi connectivity index (χ1n) is 15.3. The molecule has 6 nitrogen and oxygen atoms in total. The first-order chi connectivity index (χ1) is 17.6. The molecule has 0 spiro atoms. The lowest BCUT2D eigenvalue weighted by atomic mass is 9.32. The highest BCUT2D eigenvalue weighted by Crippen LogP contribution is 2.77. The average Bonchev–Trinajstić information content (AvgIpc) is 2.87. The van der Waals surface area contributed by atoms with E-state index in [2.05, 4.69) is 65.0 Å². The van der Waals surface area contributed by atoms with Gasteiger partial charge in [0.1, 0.15) is 5.54 Å². The van der Waals surface area contributed by atoms with Crippen molar-refractivity contribution in [2.24, 2.45) is 55.7 Å². The van der Waals surface area contributed by atoms with E-state index < -0.39 is 5.54 Å². The van der Waals surface area contributed by atoms with Crippen molar-refractivity contribution in [3.63, 3.8) is 0 Å². The molecular weight excluding hydrogens is 474 g/mol. The Morgan fingerprint density at radius 2 is 1.82 bits per heavy atom. The summed E-state index contributed by atoms with van der Waals surface area (Å²) in [6.07, 6.45) is 10.4. The van der Waals surface area contributed by atoms with E-state index in [0.29, 0.717) is 25.4 Å². The SMILES string of the molecule is CC(CCC1(C)CCC2(C)C(=CCC3(N=O)C4(C)CCC(O)C(C)(C)C4CCC23C)C1C)C(=O)NCCN. The molecule has 6 heteroatoms. The fraction of sp³-hybridized carbons (Fsp3) is 0.906. The van der Waals surface area contributed by atoms with Crippen molar-refractivity contribution in [1.82, 2.24) is 5.32 Å². The second kappa shape index (κ2) is 9.68. The van der Waals surface area contributed by atoms with E-state index >= 15 is 0 Å². The Morgan fingerprint density at radius 1 is 1.13 bits per heavy atom. The number of nitrogens with two attached hydrogens (primary N) is 1. The molecular formula is C32H55N3O3. The molecule has 0 aromatic carbocycles. The number of aliphatic hydroxyl groups excluding tert-OH is 1. The van der Waals surface area contributed by atoms with Crippen molar-refractivity contribution in [3.8, 4) is 0 Å². The Balaban J connectivity index is 1.66. The molecule has 0 aliphatic heterocycles. The van der Waals surface area contributed by atoms with Gasteiger partial charge in [-0.25, -0.2) is 0 Å². The Hall–Kier alpha value is -1.27. The third-order valence-corrected chi connectivity index (χ3v) is 13.6. The maximum absolute atomic E-state index is 13.2. The maximum atomic E-state index is 13.2. The highest BCUT2D eigenvalue weighted by molar-refractivity contribution is 5.78. The van der Waals surface area contributed by atoms with E-state index in [0.717, 1.165) is 51.4 Å². The summed E-state index contributed by atoms with van der Waals surface area (Å²) in [5, 5.41) is 18.1. The second-order valence-electron chi connectivity index (χ2n) is 15.3. The summed E-state index contributed by atoms with van der Waals surface area (Å²) < 4.78 is 0. The molecule has 9 unspecified atom stereocenters. The smallest absolute Gasteiger partial charge is 0.222 e. The van der Waals surface area contributed by atoms with Gasteiger partial charge in [-0.05, 0) is 85.9 Å². The molecule has 0 heterocycles. The minimum absolute atomic E-state index is 0.0242. The molecule has 0 bridgehead atoms. The van der Waals surface area contributed by atoms with Gasteiger partial charge in [0, 0.05) is 29.8 Å². The van der Waals surface area contributed by atoms with Gasteiger partial charge in [-0.3, -0.25) is 4.79 Å². The van der Waals surface area contributed by atoms with Gasteiger partial charge in [0.2, 0.25) is 5.91 Å². The second-order valence-corrected chi connectivity index (χ2v) is 15.3. The highest BCUT2D eigenvalue weighted by atomic mass is 16.3. The number of amides is 1. The van der Waals surface area contributed by atoms with Crippen LogP contribution in [-0.4, -0.2) is 35.7 Å². The standard InChI is InChI=1S/C32H55N3O3/c1-21(26(37)34-20-19-33)9-13-28(5)17-18-29(6)23(22(28)2)10-16-32(35-38)30(7)14-12-25(36)27(3,4)24(30)11-15-31(29,32)8/h10,21-22,24-25,36H,9,11-20,33H2,1-8H3,(H,34,37). The average molecular weight is 530 g/mol. The number of nitrogens with one attached hydrogen (secondary N) is 1. The predicted molar refractivity (Wildman–Crippen MR) is 154 cm³/mol. The third kappa shape index (κ3) is 3.82. The van der Waals surface area contributed by atoms with Crippen LogP contribution in [0.1, 0.15) is 113 Å². The van der Waals surface area contributed by atoms with Crippen LogP contribution in [0.4, 0.5) is 0 Å². The van der Waals surface area contributed by atoms with Crippen molar-refractivity contribution in [2.45, 2.75) is 125 Å². The highest BCUT2D eigenvalue weighted by Gasteiger charge is 2.75. The fourth-order valence-corrected chi connectivity index (χ4v) is 10.3. The topological polar surface area (TPSA) is 105 Å².